The predicted octanol–water partition coefficient (Wildman–Crippen LogP) is 2.39. The molecule has 32 heavy (non-hydrogen) atoms. The van der Waals surface area contributed by atoms with E-state index < -0.39 is 42.2 Å². The number of benzene rings is 1. The average Bonchev–Trinajstić information content (AvgIpc) is 2.67. The van der Waals surface area contributed by atoms with Crippen molar-refractivity contribution in [3.05, 3.63) is 29.3 Å². The normalized spacial score (nSPS) is 14.1. The maximum Gasteiger partial charge on any atom is 0.408 e. The van der Waals surface area contributed by atoms with Crippen LogP contribution in [0.4, 0.5) is 4.79 Å². The fourth-order valence-electron chi connectivity index (χ4n) is 3.26. The van der Waals surface area contributed by atoms with Crippen LogP contribution in [0.15, 0.2) is 18.2 Å². The predicted molar refractivity (Wildman–Crippen MR) is 121 cm³/mol. The molecule has 1 aromatic rings. The van der Waals surface area contributed by atoms with Crippen molar-refractivity contribution >= 4 is 17.9 Å². The Morgan fingerprint density at radius 1 is 1.19 bits per heavy atom. The van der Waals surface area contributed by atoms with Crippen LogP contribution in [-0.4, -0.2) is 64.4 Å². The summed E-state index contributed by atoms with van der Waals surface area (Å²) in [6.07, 6.45) is 0.743. The quantitative estimate of drug-likeness (QED) is 0.456. The number of alkyl carbamates (subject to hydrolysis) is 1. The number of carbonyl (C=O) groups is 3. The minimum absolute atomic E-state index is 0.101. The van der Waals surface area contributed by atoms with Crippen LogP contribution in [0.1, 0.15) is 64.6 Å². The molecular formula is C23H37N3O6. The van der Waals surface area contributed by atoms with Gasteiger partial charge in [0.25, 0.3) is 0 Å². The van der Waals surface area contributed by atoms with Crippen LogP contribution in [0.5, 0.6) is 5.75 Å². The van der Waals surface area contributed by atoms with Gasteiger partial charge in [0.15, 0.2) is 0 Å². The lowest BCUT2D eigenvalue weighted by Gasteiger charge is -2.32. The number of nitrogens with one attached hydrogen (secondary N) is 2. The summed E-state index contributed by atoms with van der Waals surface area (Å²) in [5, 5.41) is 25.5. The average molecular weight is 452 g/mol. The molecule has 1 aromatic carbocycles. The second-order valence-electron chi connectivity index (χ2n) is 8.94. The molecule has 0 aliphatic carbocycles. The van der Waals surface area contributed by atoms with E-state index >= 15 is 0 Å². The zero-order valence-electron chi connectivity index (χ0n) is 20.1. The Morgan fingerprint density at radius 2 is 1.81 bits per heavy atom. The van der Waals surface area contributed by atoms with E-state index in [-0.39, 0.29) is 17.4 Å². The second kappa shape index (κ2) is 11.7. The standard InChI is InChI=1S/C23H37N3O6/c1-8-10-15(3)24-20(29)18(16-12-9-11-14(2)19(16)28)26(7)21(30)17(13-27)25-22(31)32-23(4,5)6/h9,11-12,15,17-18,27-28H,8,10,13H2,1-7H3,(H,24,29)(H,25,31). The second-order valence-corrected chi connectivity index (χ2v) is 8.94. The van der Waals surface area contributed by atoms with Crippen LogP contribution >= 0.6 is 0 Å². The van der Waals surface area contributed by atoms with Crippen molar-refractivity contribution in [2.45, 2.75) is 78.1 Å². The number of aryl methyl sites for hydroxylation is 1. The number of para-hydroxylation sites is 1. The van der Waals surface area contributed by atoms with Gasteiger partial charge in [-0.1, -0.05) is 31.5 Å². The van der Waals surface area contributed by atoms with Gasteiger partial charge in [0.1, 0.15) is 23.4 Å². The van der Waals surface area contributed by atoms with E-state index in [1.54, 1.807) is 45.9 Å². The molecule has 3 atom stereocenters. The molecule has 0 saturated heterocycles. The first-order valence-corrected chi connectivity index (χ1v) is 10.8. The first-order chi connectivity index (χ1) is 14.8. The van der Waals surface area contributed by atoms with E-state index in [4.69, 9.17) is 4.74 Å². The monoisotopic (exact) mass is 451 g/mol. The number of aromatic hydroxyl groups is 1. The van der Waals surface area contributed by atoms with E-state index in [2.05, 4.69) is 10.6 Å². The molecule has 3 unspecified atom stereocenters. The van der Waals surface area contributed by atoms with Crippen molar-refractivity contribution in [2.24, 2.45) is 0 Å². The Kier molecular flexibility index (Phi) is 9.96. The van der Waals surface area contributed by atoms with Crippen LogP contribution in [0.3, 0.4) is 0 Å². The van der Waals surface area contributed by atoms with E-state index in [0.717, 1.165) is 17.7 Å². The van der Waals surface area contributed by atoms with Crippen LogP contribution in [-0.2, 0) is 14.3 Å². The van der Waals surface area contributed by atoms with Crippen LogP contribution in [0.25, 0.3) is 0 Å². The van der Waals surface area contributed by atoms with Crippen LogP contribution in [0, 0.1) is 6.92 Å². The van der Waals surface area contributed by atoms with Gasteiger partial charge < -0.3 is 30.5 Å². The van der Waals surface area contributed by atoms with Gasteiger partial charge in [-0.25, -0.2) is 4.79 Å². The highest BCUT2D eigenvalue weighted by Crippen LogP contribution is 2.31. The number of phenols is 1. The van der Waals surface area contributed by atoms with Crippen molar-refractivity contribution in [3.63, 3.8) is 0 Å². The number of nitrogens with zero attached hydrogens (tertiary/aromatic N) is 1. The molecule has 0 spiro atoms. The van der Waals surface area contributed by atoms with Gasteiger partial charge in [-0.3, -0.25) is 9.59 Å². The van der Waals surface area contributed by atoms with E-state index in [1.807, 2.05) is 13.8 Å². The Labute approximate surface area is 190 Å². The third-order valence-corrected chi connectivity index (χ3v) is 4.83. The first kappa shape index (κ1) is 27.2. The zero-order chi connectivity index (χ0) is 24.6. The highest BCUT2D eigenvalue weighted by atomic mass is 16.6. The Morgan fingerprint density at radius 3 is 2.34 bits per heavy atom. The van der Waals surface area contributed by atoms with Gasteiger partial charge >= 0.3 is 6.09 Å². The van der Waals surface area contributed by atoms with Gasteiger partial charge in [-0.05, 0) is 46.6 Å². The number of likely N-dealkylation sites (N-methyl/N-ethyl adjacent to an activating group) is 1. The lowest BCUT2D eigenvalue weighted by Crippen LogP contribution is -2.53. The van der Waals surface area contributed by atoms with Gasteiger partial charge in [0.2, 0.25) is 11.8 Å². The number of carbonyl (C=O) groups excluding carboxylic acids is 3. The molecule has 0 heterocycles. The zero-order valence-corrected chi connectivity index (χ0v) is 20.1. The van der Waals surface area contributed by atoms with Crippen molar-refractivity contribution in [2.75, 3.05) is 13.7 Å². The van der Waals surface area contributed by atoms with Crippen molar-refractivity contribution in [1.82, 2.24) is 15.5 Å². The Balaban J connectivity index is 3.24. The summed E-state index contributed by atoms with van der Waals surface area (Å²) in [4.78, 5) is 39.5. The molecule has 0 saturated carbocycles. The third-order valence-electron chi connectivity index (χ3n) is 4.83. The van der Waals surface area contributed by atoms with Crippen LogP contribution < -0.4 is 10.6 Å². The molecule has 0 aliphatic rings. The van der Waals surface area contributed by atoms with Crippen molar-refractivity contribution in [1.29, 1.82) is 0 Å². The molecule has 0 aromatic heterocycles. The van der Waals surface area contributed by atoms with Gasteiger partial charge in [0.05, 0.1) is 6.61 Å². The van der Waals surface area contributed by atoms with Crippen LogP contribution in [0.2, 0.25) is 0 Å². The number of rotatable bonds is 9. The number of aliphatic hydroxyl groups is 1. The summed E-state index contributed by atoms with van der Waals surface area (Å²) in [5.41, 5.74) is 0.00823. The van der Waals surface area contributed by atoms with Crippen molar-refractivity contribution < 1.29 is 29.3 Å². The summed E-state index contributed by atoms with van der Waals surface area (Å²) >= 11 is 0. The maximum absolute atomic E-state index is 13.2. The van der Waals surface area contributed by atoms with E-state index in [1.165, 1.54) is 7.05 Å². The molecule has 0 radical (unpaired) electrons. The number of hydrogen-bond donors (Lipinski definition) is 4. The highest BCUT2D eigenvalue weighted by Gasteiger charge is 2.35. The third kappa shape index (κ3) is 7.71. The maximum atomic E-state index is 13.2. The molecule has 180 valence electrons. The van der Waals surface area contributed by atoms with E-state index in [9.17, 15) is 24.6 Å². The smallest absolute Gasteiger partial charge is 0.408 e. The molecular weight excluding hydrogens is 414 g/mol. The fourth-order valence-corrected chi connectivity index (χ4v) is 3.26. The summed E-state index contributed by atoms with van der Waals surface area (Å²) in [5.74, 6) is -1.28. The Hall–Kier alpha value is -2.81. The molecule has 9 heteroatoms. The lowest BCUT2D eigenvalue weighted by atomic mass is 9.99. The molecule has 4 N–H and O–H groups in total. The molecule has 0 aliphatic heterocycles. The summed E-state index contributed by atoms with van der Waals surface area (Å²) < 4.78 is 5.16. The topological polar surface area (TPSA) is 128 Å². The number of amides is 3. The van der Waals surface area contributed by atoms with Gasteiger partial charge in [0, 0.05) is 18.7 Å². The highest BCUT2D eigenvalue weighted by molar-refractivity contribution is 5.92. The molecule has 3 amide bonds. The Bertz CT molecular complexity index is 805. The van der Waals surface area contributed by atoms with E-state index in [0.29, 0.717) is 5.56 Å². The molecule has 0 bridgehead atoms. The summed E-state index contributed by atoms with van der Waals surface area (Å²) in [6.45, 7) is 9.87. The molecule has 0 fully saturated rings. The lowest BCUT2D eigenvalue weighted by molar-refractivity contribution is -0.141. The largest absolute Gasteiger partial charge is 0.507 e. The summed E-state index contributed by atoms with van der Waals surface area (Å²) in [7, 11) is 1.39. The fraction of sp³-hybridized carbons (Fsp3) is 0.609. The minimum atomic E-state index is -1.33. The minimum Gasteiger partial charge on any atom is -0.507 e. The number of ether oxygens (including phenoxy) is 1. The summed E-state index contributed by atoms with van der Waals surface area (Å²) in [6, 6.07) is 2.30. The van der Waals surface area contributed by atoms with Gasteiger partial charge in [-0.15, -0.1) is 0 Å². The molecule has 1 rings (SSSR count). The van der Waals surface area contributed by atoms with Gasteiger partial charge in [-0.2, -0.15) is 0 Å². The molecule has 9 nitrogen and oxygen atoms in total. The number of hydrogen-bond acceptors (Lipinski definition) is 6. The number of phenolic OH excluding ortho intramolecular Hbond substituents is 1. The SMILES string of the molecule is CCCC(C)NC(=O)C(c1cccc(C)c1O)N(C)C(=O)C(CO)NC(=O)OC(C)(C)C. The number of aliphatic hydroxyl groups excluding tert-OH is 1. The first-order valence-electron chi connectivity index (χ1n) is 10.8. The van der Waals surface area contributed by atoms with Crippen molar-refractivity contribution in [3.8, 4) is 5.75 Å².